The molecule has 0 bridgehead atoms. The summed E-state index contributed by atoms with van der Waals surface area (Å²) in [6.07, 6.45) is 4.42. The predicted molar refractivity (Wildman–Crippen MR) is 56.9 cm³/mol. The minimum absolute atomic E-state index is 0.0330. The summed E-state index contributed by atoms with van der Waals surface area (Å²) in [5.41, 5.74) is 0. The molecule has 1 saturated carbocycles. The van der Waals surface area contributed by atoms with E-state index < -0.39 is 0 Å². The number of carbonyl (C=O) groups is 1. The normalized spacial score (nSPS) is 27.7. The van der Waals surface area contributed by atoms with Crippen LogP contribution >= 0.6 is 0 Å². The Hall–Kier alpha value is -0.530. The number of rotatable bonds is 3. The van der Waals surface area contributed by atoms with E-state index in [1.165, 1.54) is 12.8 Å². The second-order valence-corrected chi connectivity index (χ2v) is 4.98. The number of hydrogen-bond donors (Lipinski definition) is 0. The van der Waals surface area contributed by atoms with Crippen molar-refractivity contribution in [1.29, 1.82) is 0 Å². The first kappa shape index (κ1) is 11.5. The largest absolute Gasteiger partial charge is 0.465 e. The Morgan fingerprint density at radius 3 is 2.36 bits per heavy atom. The Morgan fingerprint density at radius 2 is 1.86 bits per heavy atom. The lowest BCUT2D eigenvalue weighted by Crippen LogP contribution is -2.24. The van der Waals surface area contributed by atoms with Crippen molar-refractivity contribution in [2.75, 3.05) is 6.61 Å². The third kappa shape index (κ3) is 3.69. The highest BCUT2D eigenvalue weighted by atomic mass is 16.5. The van der Waals surface area contributed by atoms with Gasteiger partial charge in [0.15, 0.2) is 0 Å². The lowest BCUT2D eigenvalue weighted by Gasteiger charge is -2.24. The van der Waals surface area contributed by atoms with Gasteiger partial charge in [-0.05, 0) is 37.5 Å². The van der Waals surface area contributed by atoms with Crippen molar-refractivity contribution in [2.45, 2.75) is 46.5 Å². The molecule has 0 aromatic heterocycles. The third-order valence-corrected chi connectivity index (χ3v) is 2.91. The van der Waals surface area contributed by atoms with Crippen LogP contribution in [0.4, 0.5) is 0 Å². The van der Waals surface area contributed by atoms with Crippen LogP contribution in [-0.4, -0.2) is 12.6 Å². The monoisotopic (exact) mass is 198 g/mol. The fourth-order valence-electron chi connectivity index (χ4n) is 1.86. The van der Waals surface area contributed by atoms with Crippen LogP contribution in [0.5, 0.6) is 0 Å². The molecule has 82 valence electrons. The van der Waals surface area contributed by atoms with E-state index >= 15 is 0 Å². The van der Waals surface area contributed by atoms with Gasteiger partial charge in [-0.2, -0.15) is 0 Å². The van der Waals surface area contributed by atoms with Gasteiger partial charge in [0, 0.05) is 0 Å². The van der Waals surface area contributed by atoms with Crippen LogP contribution in [-0.2, 0) is 9.53 Å². The molecule has 0 unspecified atom stereocenters. The van der Waals surface area contributed by atoms with Crippen molar-refractivity contribution in [1.82, 2.24) is 0 Å². The van der Waals surface area contributed by atoms with Crippen LogP contribution < -0.4 is 0 Å². The molecule has 0 aromatic carbocycles. The topological polar surface area (TPSA) is 26.3 Å². The average Bonchev–Trinajstić information content (AvgIpc) is 2.15. The Labute approximate surface area is 87.0 Å². The standard InChI is InChI=1S/C12H22O2/c1-9(2)8-14-12(13)11-6-4-10(3)5-7-11/h9-11H,4-8H2,1-3H3/t10-,11+. The van der Waals surface area contributed by atoms with Gasteiger partial charge >= 0.3 is 5.97 Å². The van der Waals surface area contributed by atoms with Crippen LogP contribution in [0.15, 0.2) is 0 Å². The second-order valence-electron chi connectivity index (χ2n) is 4.98. The first-order valence-corrected chi connectivity index (χ1v) is 5.76. The molecule has 1 aliphatic carbocycles. The molecule has 1 fully saturated rings. The van der Waals surface area contributed by atoms with Crippen molar-refractivity contribution in [3.8, 4) is 0 Å². The van der Waals surface area contributed by atoms with Gasteiger partial charge in [-0.1, -0.05) is 20.8 Å². The summed E-state index contributed by atoms with van der Waals surface area (Å²) in [4.78, 5) is 11.6. The van der Waals surface area contributed by atoms with Crippen molar-refractivity contribution in [3.63, 3.8) is 0 Å². The Kier molecular flexibility index (Phi) is 4.43. The predicted octanol–water partition coefficient (Wildman–Crippen LogP) is 3.01. The molecule has 0 heterocycles. The molecule has 0 amide bonds. The molecule has 1 aliphatic rings. The molecular weight excluding hydrogens is 176 g/mol. The van der Waals surface area contributed by atoms with Crippen molar-refractivity contribution in [3.05, 3.63) is 0 Å². The zero-order valence-electron chi connectivity index (χ0n) is 9.58. The van der Waals surface area contributed by atoms with Crippen molar-refractivity contribution < 1.29 is 9.53 Å². The van der Waals surface area contributed by atoms with Gasteiger partial charge in [0.25, 0.3) is 0 Å². The van der Waals surface area contributed by atoms with Crippen LogP contribution in [0, 0.1) is 17.8 Å². The first-order valence-electron chi connectivity index (χ1n) is 5.76. The van der Waals surface area contributed by atoms with Crippen molar-refractivity contribution in [2.24, 2.45) is 17.8 Å². The molecular formula is C12H22O2. The van der Waals surface area contributed by atoms with Gasteiger partial charge in [-0.3, -0.25) is 4.79 Å². The van der Waals surface area contributed by atoms with Crippen LogP contribution in [0.1, 0.15) is 46.5 Å². The highest BCUT2D eigenvalue weighted by molar-refractivity contribution is 5.72. The lowest BCUT2D eigenvalue weighted by atomic mass is 9.83. The second kappa shape index (κ2) is 5.38. The Bertz CT molecular complexity index is 179. The van der Waals surface area contributed by atoms with Crippen LogP contribution in [0.3, 0.4) is 0 Å². The maximum Gasteiger partial charge on any atom is 0.308 e. The van der Waals surface area contributed by atoms with E-state index in [4.69, 9.17) is 4.74 Å². The van der Waals surface area contributed by atoms with E-state index in [-0.39, 0.29) is 11.9 Å². The number of carbonyl (C=O) groups excluding carboxylic acids is 1. The molecule has 14 heavy (non-hydrogen) atoms. The molecule has 0 spiro atoms. The van der Waals surface area contributed by atoms with Gasteiger partial charge in [0.05, 0.1) is 12.5 Å². The lowest BCUT2D eigenvalue weighted by molar-refractivity contribution is -0.151. The smallest absolute Gasteiger partial charge is 0.308 e. The van der Waals surface area contributed by atoms with Gasteiger partial charge in [0.1, 0.15) is 0 Å². The third-order valence-electron chi connectivity index (χ3n) is 2.91. The number of esters is 1. The zero-order valence-corrected chi connectivity index (χ0v) is 9.58. The average molecular weight is 198 g/mol. The van der Waals surface area contributed by atoms with E-state index in [9.17, 15) is 4.79 Å². The summed E-state index contributed by atoms with van der Waals surface area (Å²) in [6, 6.07) is 0. The van der Waals surface area contributed by atoms with E-state index in [1.807, 2.05) is 0 Å². The summed E-state index contributed by atoms with van der Waals surface area (Å²) >= 11 is 0. The quantitative estimate of drug-likeness (QED) is 0.652. The van der Waals surface area contributed by atoms with E-state index in [0.29, 0.717) is 12.5 Å². The number of ether oxygens (including phenoxy) is 1. The van der Waals surface area contributed by atoms with Crippen LogP contribution in [0.25, 0.3) is 0 Å². The molecule has 0 N–H and O–H groups in total. The maximum atomic E-state index is 11.6. The number of hydrogen-bond acceptors (Lipinski definition) is 2. The Balaban J connectivity index is 2.24. The summed E-state index contributed by atoms with van der Waals surface area (Å²) in [7, 11) is 0. The van der Waals surface area contributed by atoms with Gasteiger partial charge in [0.2, 0.25) is 0 Å². The molecule has 2 nitrogen and oxygen atoms in total. The Morgan fingerprint density at radius 1 is 1.29 bits per heavy atom. The highest BCUT2D eigenvalue weighted by Gasteiger charge is 2.25. The highest BCUT2D eigenvalue weighted by Crippen LogP contribution is 2.29. The van der Waals surface area contributed by atoms with E-state index in [1.54, 1.807) is 0 Å². The van der Waals surface area contributed by atoms with E-state index in [0.717, 1.165) is 18.8 Å². The zero-order chi connectivity index (χ0) is 10.6. The first-order chi connectivity index (χ1) is 6.59. The minimum atomic E-state index is 0.0330. The van der Waals surface area contributed by atoms with Gasteiger partial charge in [-0.15, -0.1) is 0 Å². The molecule has 0 saturated heterocycles. The van der Waals surface area contributed by atoms with Gasteiger partial charge < -0.3 is 4.74 Å². The summed E-state index contributed by atoms with van der Waals surface area (Å²) in [5.74, 6) is 1.46. The summed E-state index contributed by atoms with van der Waals surface area (Å²) < 4.78 is 5.24. The molecule has 1 rings (SSSR count). The molecule has 0 aromatic rings. The SMILES string of the molecule is CC(C)COC(=O)[C@H]1CC[C@@H](C)CC1. The fourth-order valence-corrected chi connectivity index (χ4v) is 1.86. The summed E-state index contributed by atoms with van der Waals surface area (Å²) in [6.45, 7) is 6.97. The maximum absolute atomic E-state index is 11.6. The molecule has 0 atom stereocenters. The van der Waals surface area contributed by atoms with Crippen molar-refractivity contribution >= 4 is 5.97 Å². The molecule has 2 heteroatoms. The fraction of sp³-hybridized carbons (Fsp3) is 0.917. The van der Waals surface area contributed by atoms with Gasteiger partial charge in [-0.25, -0.2) is 0 Å². The van der Waals surface area contributed by atoms with E-state index in [2.05, 4.69) is 20.8 Å². The molecule has 0 aliphatic heterocycles. The summed E-state index contributed by atoms with van der Waals surface area (Å²) in [5, 5.41) is 0. The molecule has 0 radical (unpaired) electrons. The van der Waals surface area contributed by atoms with Crippen LogP contribution in [0.2, 0.25) is 0 Å². The minimum Gasteiger partial charge on any atom is -0.465 e.